The van der Waals surface area contributed by atoms with Crippen LogP contribution in [-0.2, 0) is 9.53 Å². The molecule has 3 rings (SSSR count). The number of nitrogens with one attached hydrogen (secondary N) is 1. The molecule has 1 aliphatic rings. The number of rotatable bonds is 6. The largest absolute Gasteiger partial charge is 0.442 e. The number of primary amides is 1. The zero-order valence-electron chi connectivity index (χ0n) is 16.0. The molecule has 0 saturated carbocycles. The Balaban J connectivity index is 1.78. The van der Waals surface area contributed by atoms with Gasteiger partial charge in [-0.05, 0) is 42.0 Å². The smallest absolute Gasteiger partial charge is 0.414 e. The van der Waals surface area contributed by atoms with E-state index in [0.717, 1.165) is 0 Å². The van der Waals surface area contributed by atoms with Gasteiger partial charge in [0.2, 0.25) is 11.8 Å². The first kappa shape index (κ1) is 21.5. The highest BCUT2D eigenvalue weighted by Gasteiger charge is 2.32. The van der Waals surface area contributed by atoms with E-state index in [1.807, 2.05) is 0 Å². The Morgan fingerprint density at radius 3 is 2.70 bits per heavy atom. The van der Waals surface area contributed by atoms with Crippen molar-refractivity contribution in [2.45, 2.75) is 13.0 Å². The summed E-state index contributed by atoms with van der Waals surface area (Å²) in [5, 5.41) is 2.59. The van der Waals surface area contributed by atoms with Crippen molar-refractivity contribution in [2.24, 2.45) is 5.73 Å². The van der Waals surface area contributed by atoms with E-state index in [4.69, 9.17) is 10.5 Å². The summed E-state index contributed by atoms with van der Waals surface area (Å²) in [6.07, 6.45) is 0.467. The van der Waals surface area contributed by atoms with Gasteiger partial charge in [-0.25, -0.2) is 9.18 Å². The van der Waals surface area contributed by atoms with E-state index in [9.17, 15) is 18.8 Å². The Labute approximate surface area is 180 Å². The molecular weight excluding hydrogens is 457 g/mol. The molecule has 2 aromatic carbocycles. The van der Waals surface area contributed by atoms with E-state index >= 15 is 0 Å². The summed E-state index contributed by atoms with van der Waals surface area (Å²) < 4.78 is 20.4. The molecular formula is C21H19BrFN3O4. The van der Waals surface area contributed by atoms with Crippen LogP contribution in [0.2, 0.25) is 0 Å². The van der Waals surface area contributed by atoms with E-state index in [2.05, 4.69) is 21.2 Å². The zero-order valence-corrected chi connectivity index (χ0v) is 17.6. The summed E-state index contributed by atoms with van der Waals surface area (Å²) in [4.78, 5) is 35.8. The molecule has 1 fully saturated rings. The summed E-state index contributed by atoms with van der Waals surface area (Å²) in [6, 6.07) is 11.0. The first-order valence-electron chi connectivity index (χ1n) is 9.04. The van der Waals surface area contributed by atoms with Crippen LogP contribution in [0.15, 0.2) is 42.5 Å². The summed E-state index contributed by atoms with van der Waals surface area (Å²) in [7, 11) is 0. The van der Waals surface area contributed by atoms with Crippen molar-refractivity contribution in [3.63, 3.8) is 0 Å². The SMILES string of the molecule is CC(=O)NC[C@H]1CN(c2ccc(C=C(Br)c3cccc(C(N)=O)c3)c(F)c2)C(=O)O1. The minimum Gasteiger partial charge on any atom is -0.442 e. The number of carbonyl (C=O) groups excluding carboxylic acids is 3. The van der Waals surface area contributed by atoms with Gasteiger partial charge >= 0.3 is 6.09 Å². The normalized spacial score (nSPS) is 16.4. The third kappa shape index (κ3) is 5.04. The highest BCUT2D eigenvalue weighted by atomic mass is 79.9. The summed E-state index contributed by atoms with van der Waals surface area (Å²) in [6.45, 7) is 1.77. The molecule has 2 aromatic rings. The number of hydrogen-bond acceptors (Lipinski definition) is 4. The predicted octanol–water partition coefficient (Wildman–Crippen LogP) is 3.28. The first-order valence-corrected chi connectivity index (χ1v) is 9.83. The molecule has 0 bridgehead atoms. The average Bonchev–Trinajstić information content (AvgIpc) is 3.08. The predicted molar refractivity (Wildman–Crippen MR) is 114 cm³/mol. The number of benzene rings is 2. The van der Waals surface area contributed by atoms with Crippen LogP contribution >= 0.6 is 15.9 Å². The highest BCUT2D eigenvalue weighted by Crippen LogP contribution is 2.29. The molecule has 156 valence electrons. The van der Waals surface area contributed by atoms with Crippen molar-refractivity contribution in [1.29, 1.82) is 0 Å². The van der Waals surface area contributed by atoms with Gasteiger partial charge in [0.1, 0.15) is 11.9 Å². The molecule has 9 heteroatoms. The van der Waals surface area contributed by atoms with E-state index in [1.54, 1.807) is 36.4 Å². The third-order valence-corrected chi connectivity index (χ3v) is 5.14. The van der Waals surface area contributed by atoms with Crippen LogP contribution in [0.25, 0.3) is 10.6 Å². The standard InChI is InChI=1S/C21H19BrFN3O4/c1-12(27)25-10-17-11-26(21(29)30-17)16-6-5-14(19(23)9-16)8-18(22)13-3-2-4-15(7-13)20(24)28/h2-9,17H,10-11H2,1H3,(H2,24,28)(H,25,27)/t17-/m0/s1. The topological polar surface area (TPSA) is 102 Å². The van der Waals surface area contributed by atoms with Gasteiger partial charge in [0.05, 0.1) is 18.8 Å². The minimum absolute atomic E-state index is 0.193. The second-order valence-electron chi connectivity index (χ2n) is 6.70. The molecule has 0 radical (unpaired) electrons. The Bertz CT molecular complexity index is 1040. The van der Waals surface area contributed by atoms with Crippen LogP contribution in [0, 0.1) is 5.82 Å². The molecule has 1 heterocycles. The molecule has 0 aromatic heterocycles. The van der Waals surface area contributed by atoms with Gasteiger partial charge in [-0.3, -0.25) is 14.5 Å². The lowest BCUT2D eigenvalue weighted by Gasteiger charge is -2.14. The Morgan fingerprint density at radius 1 is 1.30 bits per heavy atom. The number of amides is 3. The van der Waals surface area contributed by atoms with Gasteiger partial charge in [-0.1, -0.05) is 28.1 Å². The molecule has 0 spiro atoms. The Kier molecular flexibility index (Phi) is 6.51. The van der Waals surface area contributed by atoms with Crippen LogP contribution in [0.1, 0.15) is 28.4 Å². The van der Waals surface area contributed by atoms with Crippen LogP contribution in [0.5, 0.6) is 0 Å². The van der Waals surface area contributed by atoms with Gasteiger partial charge in [0, 0.05) is 22.5 Å². The van der Waals surface area contributed by atoms with Crippen molar-refractivity contribution in [3.8, 4) is 0 Å². The molecule has 1 atom stereocenters. The number of nitrogens with two attached hydrogens (primary N) is 1. The number of cyclic esters (lactones) is 1. The second-order valence-corrected chi connectivity index (χ2v) is 7.55. The number of halogens is 2. The lowest BCUT2D eigenvalue weighted by Crippen LogP contribution is -2.33. The van der Waals surface area contributed by atoms with Crippen LogP contribution in [0.4, 0.5) is 14.9 Å². The van der Waals surface area contributed by atoms with E-state index in [1.165, 1.54) is 24.0 Å². The maximum Gasteiger partial charge on any atom is 0.414 e. The molecule has 0 aliphatic carbocycles. The van der Waals surface area contributed by atoms with Crippen molar-refractivity contribution in [3.05, 3.63) is 65.0 Å². The molecule has 1 saturated heterocycles. The number of nitrogens with zero attached hydrogens (tertiary/aromatic N) is 1. The number of ether oxygens (including phenoxy) is 1. The molecule has 30 heavy (non-hydrogen) atoms. The lowest BCUT2D eigenvalue weighted by atomic mass is 10.1. The summed E-state index contributed by atoms with van der Waals surface area (Å²) in [5.74, 6) is -1.31. The number of hydrogen-bond donors (Lipinski definition) is 2. The number of anilines is 1. The Hall–Kier alpha value is -3.20. The first-order chi connectivity index (χ1) is 14.2. The van der Waals surface area contributed by atoms with E-state index in [0.29, 0.717) is 21.3 Å². The monoisotopic (exact) mass is 475 g/mol. The minimum atomic E-state index is -0.600. The van der Waals surface area contributed by atoms with Crippen molar-refractivity contribution >= 4 is 50.1 Å². The summed E-state index contributed by atoms with van der Waals surface area (Å²) in [5.41, 5.74) is 6.94. The molecule has 7 nitrogen and oxygen atoms in total. The molecule has 1 aliphatic heterocycles. The van der Waals surface area contributed by atoms with Crippen molar-refractivity contribution in [2.75, 3.05) is 18.0 Å². The van der Waals surface area contributed by atoms with Crippen molar-refractivity contribution in [1.82, 2.24) is 5.32 Å². The fraction of sp³-hybridized carbons (Fsp3) is 0.190. The van der Waals surface area contributed by atoms with Crippen LogP contribution in [-0.4, -0.2) is 37.1 Å². The number of carbonyl (C=O) groups is 3. The molecule has 3 N–H and O–H groups in total. The average molecular weight is 476 g/mol. The van der Waals surface area contributed by atoms with Gasteiger partial charge in [-0.15, -0.1) is 0 Å². The van der Waals surface area contributed by atoms with Gasteiger partial charge in [0.25, 0.3) is 0 Å². The lowest BCUT2D eigenvalue weighted by molar-refractivity contribution is -0.119. The third-order valence-electron chi connectivity index (χ3n) is 4.45. The quantitative estimate of drug-likeness (QED) is 0.625. The Morgan fingerprint density at radius 2 is 2.03 bits per heavy atom. The fourth-order valence-corrected chi connectivity index (χ4v) is 3.43. The van der Waals surface area contributed by atoms with E-state index in [-0.39, 0.29) is 24.6 Å². The zero-order chi connectivity index (χ0) is 21.8. The van der Waals surface area contributed by atoms with Gasteiger partial charge in [0.15, 0.2) is 0 Å². The van der Waals surface area contributed by atoms with Gasteiger partial charge in [-0.2, -0.15) is 0 Å². The summed E-state index contributed by atoms with van der Waals surface area (Å²) >= 11 is 3.39. The maximum absolute atomic E-state index is 14.7. The van der Waals surface area contributed by atoms with Crippen molar-refractivity contribution < 1.29 is 23.5 Å². The van der Waals surface area contributed by atoms with Gasteiger partial charge < -0.3 is 15.8 Å². The highest BCUT2D eigenvalue weighted by molar-refractivity contribution is 9.15. The maximum atomic E-state index is 14.7. The fourth-order valence-electron chi connectivity index (χ4n) is 2.94. The van der Waals surface area contributed by atoms with Crippen LogP contribution < -0.4 is 16.0 Å². The molecule has 0 unspecified atom stereocenters. The van der Waals surface area contributed by atoms with Crippen LogP contribution in [0.3, 0.4) is 0 Å². The van der Waals surface area contributed by atoms with E-state index < -0.39 is 23.9 Å². The molecule has 3 amide bonds. The second kappa shape index (κ2) is 9.08.